The number of nitrogens with zero attached hydrogens (tertiary/aromatic N) is 4. The minimum atomic E-state index is -0.266. The van der Waals surface area contributed by atoms with Crippen molar-refractivity contribution >= 4 is 48.7 Å². The molecular formula is C18H12BrN5OS. The van der Waals surface area contributed by atoms with E-state index in [1.165, 1.54) is 11.3 Å². The molecule has 0 unspecified atom stereocenters. The fourth-order valence-electron chi connectivity index (χ4n) is 2.43. The topological polar surface area (TPSA) is 80.7 Å². The molecule has 4 rings (SSSR count). The first-order valence-corrected chi connectivity index (χ1v) is 9.31. The number of fused-ring (bicyclic) bond motifs is 1. The number of carbonyl (C=O) groups is 1. The van der Waals surface area contributed by atoms with Gasteiger partial charge in [0.25, 0.3) is 5.91 Å². The van der Waals surface area contributed by atoms with Gasteiger partial charge in [0, 0.05) is 40.5 Å². The van der Waals surface area contributed by atoms with Gasteiger partial charge in [0.15, 0.2) is 10.8 Å². The molecule has 4 aromatic rings. The Kier molecular flexibility index (Phi) is 4.44. The zero-order chi connectivity index (χ0) is 18.1. The second-order valence-corrected chi connectivity index (χ2v) is 7.45. The Labute approximate surface area is 161 Å². The largest absolute Gasteiger partial charge is 0.298 e. The second-order valence-electron chi connectivity index (χ2n) is 5.56. The van der Waals surface area contributed by atoms with Crippen LogP contribution < -0.4 is 5.32 Å². The van der Waals surface area contributed by atoms with Crippen molar-refractivity contribution in [1.82, 2.24) is 19.9 Å². The number of anilines is 1. The van der Waals surface area contributed by atoms with E-state index in [1.807, 2.05) is 25.1 Å². The van der Waals surface area contributed by atoms with Crippen LogP contribution in [0.3, 0.4) is 0 Å². The first-order chi connectivity index (χ1) is 12.6. The summed E-state index contributed by atoms with van der Waals surface area (Å²) in [6.45, 7) is 1.87. The molecule has 0 aliphatic rings. The van der Waals surface area contributed by atoms with Crippen LogP contribution in [0.25, 0.3) is 21.5 Å². The molecule has 0 fully saturated rings. The average molecular weight is 426 g/mol. The standard InChI is InChI=1S/C18H12BrN5OS/c1-10-6-14(19)13(9-21-10)17(25)24-18-23-16-15(26-18)7-12(8-22-16)11-2-4-20-5-3-11/h2-9H,1H3,(H,22,23,24,25). The summed E-state index contributed by atoms with van der Waals surface area (Å²) in [7, 11) is 0. The number of rotatable bonds is 3. The molecule has 0 saturated heterocycles. The van der Waals surface area contributed by atoms with Gasteiger partial charge in [-0.2, -0.15) is 4.98 Å². The highest BCUT2D eigenvalue weighted by Gasteiger charge is 2.14. The van der Waals surface area contributed by atoms with E-state index in [-0.39, 0.29) is 5.91 Å². The molecule has 0 bridgehead atoms. The summed E-state index contributed by atoms with van der Waals surface area (Å²) < 4.78 is 1.59. The van der Waals surface area contributed by atoms with Crippen molar-refractivity contribution in [2.45, 2.75) is 6.92 Å². The van der Waals surface area contributed by atoms with Crippen LogP contribution in [0, 0.1) is 6.92 Å². The highest BCUT2D eigenvalue weighted by atomic mass is 79.9. The van der Waals surface area contributed by atoms with Gasteiger partial charge < -0.3 is 0 Å². The van der Waals surface area contributed by atoms with Gasteiger partial charge >= 0.3 is 0 Å². The van der Waals surface area contributed by atoms with Crippen molar-refractivity contribution in [2.24, 2.45) is 0 Å². The molecule has 6 nitrogen and oxygen atoms in total. The summed E-state index contributed by atoms with van der Waals surface area (Å²) >= 11 is 4.78. The fraction of sp³-hybridized carbons (Fsp3) is 0.0556. The van der Waals surface area contributed by atoms with Gasteiger partial charge in [-0.25, -0.2) is 4.98 Å². The van der Waals surface area contributed by atoms with E-state index in [9.17, 15) is 4.79 Å². The summed E-state index contributed by atoms with van der Waals surface area (Å²) in [6, 6.07) is 7.66. The summed E-state index contributed by atoms with van der Waals surface area (Å²) in [5, 5.41) is 3.31. The number of pyridine rings is 3. The molecule has 0 aromatic carbocycles. The number of amides is 1. The highest BCUT2D eigenvalue weighted by Crippen LogP contribution is 2.29. The van der Waals surface area contributed by atoms with E-state index >= 15 is 0 Å². The Bertz CT molecular complexity index is 1110. The normalized spacial score (nSPS) is 10.8. The van der Waals surface area contributed by atoms with Gasteiger partial charge in [-0.1, -0.05) is 11.3 Å². The molecule has 0 atom stereocenters. The highest BCUT2D eigenvalue weighted by molar-refractivity contribution is 9.10. The third kappa shape index (κ3) is 3.33. The third-order valence-corrected chi connectivity index (χ3v) is 5.28. The SMILES string of the molecule is Cc1cc(Br)c(C(=O)Nc2nc3ncc(-c4ccncc4)cc3s2)cn1. The maximum absolute atomic E-state index is 12.5. The predicted octanol–water partition coefficient (Wildman–Crippen LogP) is 4.47. The molecule has 8 heteroatoms. The molecule has 4 heterocycles. The molecular weight excluding hydrogens is 414 g/mol. The summed E-state index contributed by atoms with van der Waals surface area (Å²) in [4.78, 5) is 29.4. The van der Waals surface area contributed by atoms with Gasteiger partial charge in [0.1, 0.15) is 0 Å². The van der Waals surface area contributed by atoms with E-state index in [0.717, 1.165) is 21.5 Å². The number of halogens is 1. The lowest BCUT2D eigenvalue weighted by Crippen LogP contribution is -2.13. The molecule has 0 radical (unpaired) electrons. The van der Waals surface area contributed by atoms with Crippen molar-refractivity contribution in [3.05, 3.63) is 64.8 Å². The minimum Gasteiger partial charge on any atom is -0.298 e. The average Bonchev–Trinajstić information content (AvgIpc) is 3.03. The Morgan fingerprint density at radius 1 is 1.12 bits per heavy atom. The quantitative estimate of drug-likeness (QED) is 0.523. The molecule has 0 aliphatic heterocycles. The van der Waals surface area contributed by atoms with Crippen molar-refractivity contribution in [1.29, 1.82) is 0 Å². The minimum absolute atomic E-state index is 0.266. The van der Waals surface area contributed by atoms with Gasteiger partial charge in [-0.15, -0.1) is 0 Å². The van der Waals surface area contributed by atoms with Gasteiger partial charge in [-0.3, -0.25) is 20.1 Å². The summed E-state index contributed by atoms with van der Waals surface area (Å²) in [6.07, 6.45) is 6.79. The number of aromatic nitrogens is 4. The van der Waals surface area contributed by atoms with E-state index in [2.05, 4.69) is 41.2 Å². The first kappa shape index (κ1) is 16.7. The second kappa shape index (κ2) is 6.89. The number of aryl methyl sites for hydroxylation is 1. The first-order valence-electron chi connectivity index (χ1n) is 7.70. The maximum Gasteiger partial charge on any atom is 0.260 e. The Morgan fingerprint density at radius 3 is 2.69 bits per heavy atom. The van der Waals surface area contributed by atoms with Crippen molar-refractivity contribution in [2.75, 3.05) is 5.32 Å². The number of carbonyl (C=O) groups excluding carboxylic acids is 1. The van der Waals surface area contributed by atoms with Crippen LogP contribution >= 0.6 is 27.3 Å². The molecule has 1 N–H and O–H groups in total. The van der Waals surface area contributed by atoms with Gasteiger partial charge in [0.05, 0.1) is 10.3 Å². The molecule has 1 amide bonds. The Hall–Kier alpha value is -2.71. The van der Waals surface area contributed by atoms with Crippen LogP contribution in [0.2, 0.25) is 0 Å². The van der Waals surface area contributed by atoms with Crippen LogP contribution in [0.4, 0.5) is 5.13 Å². The molecule has 128 valence electrons. The molecule has 0 aliphatic carbocycles. The van der Waals surface area contributed by atoms with E-state index in [0.29, 0.717) is 20.8 Å². The zero-order valence-electron chi connectivity index (χ0n) is 13.6. The number of nitrogens with one attached hydrogen (secondary N) is 1. The lowest BCUT2D eigenvalue weighted by Gasteiger charge is -2.04. The summed E-state index contributed by atoms with van der Waals surface area (Å²) in [5.41, 5.74) is 3.90. The third-order valence-electron chi connectivity index (χ3n) is 3.72. The Morgan fingerprint density at radius 2 is 1.92 bits per heavy atom. The van der Waals surface area contributed by atoms with Crippen LogP contribution in [0.5, 0.6) is 0 Å². The van der Waals surface area contributed by atoms with E-state index in [4.69, 9.17) is 0 Å². The fourth-order valence-corrected chi connectivity index (χ4v) is 3.91. The van der Waals surface area contributed by atoms with Crippen LogP contribution in [-0.2, 0) is 0 Å². The van der Waals surface area contributed by atoms with Crippen LogP contribution in [-0.4, -0.2) is 25.8 Å². The smallest absolute Gasteiger partial charge is 0.260 e. The van der Waals surface area contributed by atoms with Crippen molar-refractivity contribution in [3.8, 4) is 11.1 Å². The predicted molar refractivity (Wildman–Crippen MR) is 105 cm³/mol. The van der Waals surface area contributed by atoms with Crippen molar-refractivity contribution < 1.29 is 4.79 Å². The number of hydrogen-bond acceptors (Lipinski definition) is 6. The van der Waals surface area contributed by atoms with E-state index in [1.54, 1.807) is 30.9 Å². The monoisotopic (exact) mass is 425 g/mol. The van der Waals surface area contributed by atoms with Crippen LogP contribution in [0.1, 0.15) is 16.1 Å². The lowest BCUT2D eigenvalue weighted by molar-refractivity contribution is 0.102. The van der Waals surface area contributed by atoms with E-state index < -0.39 is 0 Å². The van der Waals surface area contributed by atoms with Crippen LogP contribution in [0.15, 0.2) is 53.5 Å². The summed E-state index contributed by atoms with van der Waals surface area (Å²) in [5.74, 6) is -0.266. The van der Waals surface area contributed by atoms with Gasteiger partial charge in [0.2, 0.25) is 0 Å². The zero-order valence-corrected chi connectivity index (χ0v) is 16.0. The lowest BCUT2D eigenvalue weighted by atomic mass is 10.1. The van der Waals surface area contributed by atoms with Gasteiger partial charge in [-0.05, 0) is 52.7 Å². The molecule has 0 saturated carbocycles. The van der Waals surface area contributed by atoms with Crippen molar-refractivity contribution in [3.63, 3.8) is 0 Å². The Balaban J connectivity index is 1.62. The molecule has 4 aromatic heterocycles. The molecule has 26 heavy (non-hydrogen) atoms. The molecule has 0 spiro atoms. The maximum atomic E-state index is 12.5. The number of thiazole rings is 1. The number of hydrogen-bond donors (Lipinski definition) is 1.